The van der Waals surface area contributed by atoms with E-state index in [2.05, 4.69) is 28.2 Å². The Morgan fingerprint density at radius 2 is 2.31 bits per heavy atom. The molecule has 3 nitrogen and oxygen atoms in total. The zero-order valence-electron chi connectivity index (χ0n) is 9.30. The van der Waals surface area contributed by atoms with Crippen LogP contribution >= 0.6 is 21.6 Å². The zero-order chi connectivity index (χ0) is 12.0. The van der Waals surface area contributed by atoms with Crippen molar-refractivity contribution in [3.05, 3.63) is 12.2 Å². The predicted octanol–water partition coefficient (Wildman–Crippen LogP) is 1.88. The van der Waals surface area contributed by atoms with Gasteiger partial charge in [0.15, 0.2) is 0 Å². The molecule has 90 valence electrons. The molecule has 1 aliphatic heterocycles. The van der Waals surface area contributed by atoms with Crippen molar-refractivity contribution in [2.45, 2.75) is 37.9 Å². The Balaban J connectivity index is 2.29. The molecule has 0 aromatic carbocycles. The maximum Gasteiger partial charge on any atom is 0.380 e. The maximum atomic E-state index is 10.4. The molecule has 3 atom stereocenters. The van der Waals surface area contributed by atoms with E-state index in [0.717, 1.165) is 31.1 Å². The SMILES string of the molecule is C=C1C[C@H](CC=O)O[C@@H](CCOB(P)S)C1. The number of ether oxygens (including phenoxy) is 1. The summed E-state index contributed by atoms with van der Waals surface area (Å²) in [7, 11) is 2.46. The Morgan fingerprint density at radius 1 is 1.62 bits per heavy atom. The third kappa shape index (κ3) is 5.49. The lowest BCUT2D eigenvalue weighted by molar-refractivity contribution is -0.113. The molecule has 0 aromatic rings. The van der Waals surface area contributed by atoms with Crippen LogP contribution in [0.15, 0.2) is 12.2 Å². The summed E-state index contributed by atoms with van der Waals surface area (Å²) in [4.78, 5) is 10.4. The number of rotatable bonds is 6. The molecule has 0 radical (unpaired) electrons. The van der Waals surface area contributed by atoms with Crippen LogP contribution in [0.1, 0.15) is 25.7 Å². The number of aldehydes is 1. The van der Waals surface area contributed by atoms with Crippen molar-refractivity contribution in [1.82, 2.24) is 0 Å². The normalized spacial score (nSPS) is 25.5. The molecular formula is C10H18BO3PS. The molecule has 0 saturated carbocycles. The van der Waals surface area contributed by atoms with Gasteiger partial charge >= 0.3 is 5.91 Å². The Bertz CT molecular complexity index is 250. The van der Waals surface area contributed by atoms with Crippen molar-refractivity contribution in [1.29, 1.82) is 0 Å². The third-order valence-corrected chi connectivity index (χ3v) is 2.85. The summed E-state index contributed by atoms with van der Waals surface area (Å²) in [6, 6.07) is 0. The van der Waals surface area contributed by atoms with Gasteiger partial charge in [-0.2, -0.15) is 12.5 Å². The highest BCUT2D eigenvalue weighted by Crippen LogP contribution is 2.26. The molecule has 0 aromatic heterocycles. The predicted molar refractivity (Wildman–Crippen MR) is 72.7 cm³/mol. The van der Waals surface area contributed by atoms with Crippen molar-refractivity contribution in [2.75, 3.05) is 6.61 Å². The fraction of sp³-hybridized carbons (Fsp3) is 0.700. The fourth-order valence-corrected chi connectivity index (χ4v) is 2.07. The first-order valence-electron chi connectivity index (χ1n) is 5.42. The quantitative estimate of drug-likeness (QED) is 0.260. The molecule has 1 unspecified atom stereocenters. The lowest BCUT2D eigenvalue weighted by atomic mass is 9.96. The molecule has 6 heteroatoms. The van der Waals surface area contributed by atoms with Gasteiger partial charge in [-0.15, -0.1) is 9.12 Å². The van der Waals surface area contributed by atoms with Crippen LogP contribution in [-0.2, 0) is 14.2 Å². The minimum atomic E-state index is -0.127. The molecular weight excluding hydrogens is 242 g/mol. The number of carbonyl (C=O) groups is 1. The van der Waals surface area contributed by atoms with Crippen LogP contribution in [0.5, 0.6) is 0 Å². The van der Waals surface area contributed by atoms with E-state index in [0.29, 0.717) is 13.0 Å². The van der Waals surface area contributed by atoms with E-state index in [1.54, 1.807) is 0 Å². The second-order valence-corrected chi connectivity index (χ2v) is 5.67. The van der Waals surface area contributed by atoms with Gasteiger partial charge in [-0.3, -0.25) is 0 Å². The molecule has 1 rings (SSSR count). The Kier molecular flexibility index (Phi) is 6.67. The van der Waals surface area contributed by atoms with E-state index in [9.17, 15) is 4.79 Å². The highest BCUT2D eigenvalue weighted by molar-refractivity contribution is 8.23. The van der Waals surface area contributed by atoms with Crippen molar-refractivity contribution in [3.63, 3.8) is 0 Å². The van der Waals surface area contributed by atoms with Gasteiger partial charge < -0.3 is 14.2 Å². The first-order valence-corrected chi connectivity index (χ1v) is 6.61. The van der Waals surface area contributed by atoms with Crippen LogP contribution in [0.2, 0.25) is 0 Å². The number of carbonyl (C=O) groups excluding carboxylic acids is 1. The molecule has 0 spiro atoms. The van der Waals surface area contributed by atoms with E-state index in [1.165, 1.54) is 0 Å². The largest absolute Gasteiger partial charge is 0.422 e. The van der Waals surface area contributed by atoms with Crippen molar-refractivity contribution < 1.29 is 14.2 Å². The molecule has 1 fully saturated rings. The van der Waals surface area contributed by atoms with Crippen LogP contribution in [0.25, 0.3) is 0 Å². The molecule has 1 heterocycles. The van der Waals surface area contributed by atoms with Gasteiger partial charge in [0.05, 0.1) is 12.2 Å². The average Bonchev–Trinajstić information content (AvgIpc) is 2.16. The minimum Gasteiger partial charge on any atom is -0.422 e. The second kappa shape index (κ2) is 7.49. The standard InChI is InChI=1S/C10H18BO3PS/c1-8-6-9(2-4-12)14-10(7-8)3-5-13-11(15)16/h4,9-10,16H,1-3,5-7,15H2/t9-,10-/m0/s1. The maximum absolute atomic E-state index is 10.4. The highest BCUT2D eigenvalue weighted by atomic mass is 32.1. The van der Waals surface area contributed by atoms with E-state index in [4.69, 9.17) is 9.39 Å². The monoisotopic (exact) mass is 260 g/mol. The van der Waals surface area contributed by atoms with Crippen molar-refractivity contribution >= 4 is 33.8 Å². The van der Waals surface area contributed by atoms with Gasteiger partial charge in [-0.05, 0) is 19.3 Å². The summed E-state index contributed by atoms with van der Waals surface area (Å²) in [5.74, 6) is -0.127. The summed E-state index contributed by atoms with van der Waals surface area (Å²) >= 11 is 4.10. The molecule has 1 saturated heterocycles. The molecule has 1 aliphatic rings. The van der Waals surface area contributed by atoms with Crippen LogP contribution in [-0.4, -0.2) is 31.0 Å². The Labute approximate surface area is 105 Å². The molecule has 0 amide bonds. The van der Waals surface area contributed by atoms with Gasteiger partial charge in [0, 0.05) is 13.0 Å². The van der Waals surface area contributed by atoms with Gasteiger partial charge in [0.2, 0.25) is 0 Å². The topological polar surface area (TPSA) is 35.5 Å². The van der Waals surface area contributed by atoms with Crippen molar-refractivity contribution in [3.8, 4) is 0 Å². The summed E-state index contributed by atoms with van der Waals surface area (Å²) < 4.78 is 11.1. The van der Waals surface area contributed by atoms with E-state index < -0.39 is 0 Å². The summed E-state index contributed by atoms with van der Waals surface area (Å²) in [5, 5.41) is 0. The molecule has 16 heavy (non-hydrogen) atoms. The van der Waals surface area contributed by atoms with Crippen molar-refractivity contribution in [2.24, 2.45) is 0 Å². The van der Waals surface area contributed by atoms with Gasteiger partial charge in [-0.1, -0.05) is 12.2 Å². The highest BCUT2D eigenvalue weighted by Gasteiger charge is 2.24. The lowest BCUT2D eigenvalue weighted by Crippen LogP contribution is -2.30. The van der Waals surface area contributed by atoms with Gasteiger partial charge in [0.25, 0.3) is 0 Å². The number of hydrogen-bond donors (Lipinski definition) is 1. The molecule has 0 N–H and O–H groups in total. The third-order valence-electron chi connectivity index (χ3n) is 2.51. The van der Waals surface area contributed by atoms with Crippen LogP contribution in [0, 0.1) is 0 Å². The van der Waals surface area contributed by atoms with Gasteiger partial charge in [-0.25, -0.2) is 0 Å². The van der Waals surface area contributed by atoms with Crippen LogP contribution in [0.4, 0.5) is 0 Å². The van der Waals surface area contributed by atoms with Gasteiger partial charge in [0.1, 0.15) is 6.29 Å². The lowest BCUT2D eigenvalue weighted by Gasteiger charge is -2.30. The minimum absolute atomic E-state index is 0.00606. The van der Waals surface area contributed by atoms with E-state index in [1.807, 2.05) is 0 Å². The first kappa shape index (κ1) is 14.2. The first-order chi connectivity index (χ1) is 7.61. The average molecular weight is 260 g/mol. The number of hydrogen-bond acceptors (Lipinski definition) is 4. The second-order valence-electron chi connectivity index (χ2n) is 3.99. The smallest absolute Gasteiger partial charge is 0.380 e. The fourth-order valence-electron chi connectivity index (χ4n) is 1.83. The molecule has 0 aliphatic carbocycles. The van der Waals surface area contributed by atoms with Crippen LogP contribution < -0.4 is 0 Å². The Morgan fingerprint density at radius 3 is 2.94 bits per heavy atom. The Hall–Kier alpha value is 0.175. The summed E-state index contributed by atoms with van der Waals surface area (Å²) in [5.41, 5.74) is 1.16. The van der Waals surface area contributed by atoms with Crippen LogP contribution in [0.3, 0.4) is 0 Å². The van der Waals surface area contributed by atoms with E-state index >= 15 is 0 Å². The number of thiol groups is 1. The zero-order valence-corrected chi connectivity index (χ0v) is 11.4. The van der Waals surface area contributed by atoms with E-state index in [-0.39, 0.29) is 18.1 Å². The summed E-state index contributed by atoms with van der Waals surface area (Å²) in [6.07, 6.45) is 3.98. The molecule has 0 bridgehead atoms. The summed E-state index contributed by atoms with van der Waals surface area (Å²) in [6.45, 7) is 4.60.